The zero-order valence-corrected chi connectivity index (χ0v) is 15.5. The molecule has 0 N–H and O–H groups in total. The molecule has 25 heavy (non-hydrogen) atoms. The SMILES string of the molecule is Cc1c(-c2cc[n+](C(C)C)n2C)cc(C#N)cc1-[n+]1ccccc1C. The van der Waals surface area contributed by atoms with Gasteiger partial charge in [-0.3, -0.25) is 0 Å². The summed E-state index contributed by atoms with van der Waals surface area (Å²) in [6.07, 6.45) is 4.14. The molecule has 1 aromatic carbocycles. The number of nitrogens with zero attached hydrogens (tertiary/aromatic N) is 4. The molecule has 4 nitrogen and oxygen atoms in total. The van der Waals surface area contributed by atoms with E-state index >= 15 is 0 Å². The summed E-state index contributed by atoms with van der Waals surface area (Å²) in [5, 5.41) is 9.53. The highest BCUT2D eigenvalue weighted by Crippen LogP contribution is 2.27. The first-order chi connectivity index (χ1) is 11.9. The molecule has 0 saturated carbocycles. The van der Waals surface area contributed by atoms with Gasteiger partial charge in [-0.05, 0) is 26.8 Å². The zero-order chi connectivity index (χ0) is 18.1. The molecule has 3 aromatic rings. The molecule has 0 unspecified atom stereocenters. The lowest BCUT2D eigenvalue weighted by molar-refractivity contribution is -0.789. The first-order valence-corrected chi connectivity index (χ1v) is 8.54. The highest BCUT2D eigenvalue weighted by molar-refractivity contribution is 5.69. The van der Waals surface area contributed by atoms with Crippen molar-refractivity contribution in [1.82, 2.24) is 4.68 Å². The molecule has 4 heteroatoms. The monoisotopic (exact) mass is 332 g/mol. The second kappa shape index (κ2) is 6.52. The summed E-state index contributed by atoms with van der Waals surface area (Å²) >= 11 is 0. The molecule has 0 spiro atoms. The maximum Gasteiger partial charge on any atom is 0.215 e. The van der Waals surface area contributed by atoms with Crippen LogP contribution in [0.3, 0.4) is 0 Å². The summed E-state index contributed by atoms with van der Waals surface area (Å²) in [5.41, 5.74) is 6.21. The van der Waals surface area contributed by atoms with Gasteiger partial charge < -0.3 is 0 Å². The largest absolute Gasteiger partial charge is 0.215 e. The molecule has 0 bridgehead atoms. The third-order valence-electron chi connectivity index (χ3n) is 4.72. The number of rotatable bonds is 3. The van der Waals surface area contributed by atoms with Crippen LogP contribution in [0, 0.1) is 25.2 Å². The van der Waals surface area contributed by atoms with Gasteiger partial charge in [-0.25, -0.2) is 0 Å². The van der Waals surface area contributed by atoms with Crippen molar-refractivity contribution >= 4 is 0 Å². The lowest BCUT2D eigenvalue weighted by atomic mass is 10.00. The van der Waals surface area contributed by atoms with Crippen LogP contribution >= 0.6 is 0 Å². The van der Waals surface area contributed by atoms with Crippen molar-refractivity contribution in [2.75, 3.05) is 0 Å². The van der Waals surface area contributed by atoms with Gasteiger partial charge >= 0.3 is 0 Å². The fraction of sp³-hybridized carbons (Fsp3) is 0.286. The van der Waals surface area contributed by atoms with Crippen molar-refractivity contribution in [1.29, 1.82) is 5.26 Å². The minimum atomic E-state index is 0.378. The van der Waals surface area contributed by atoms with Crippen LogP contribution in [0.4, 0.5) is 0 Å². The number of hydrogen-bond donors (Lipinski definition) is 0. The van der Waals surface area contributed by atoms with Crippen molar-refractivity contribution in [3.63, 3.8) is 0 Å². The van der Waals surface area contributed by atoms with E-state index in [1.54, 1.807) is 0 Å². The Hall–Kier alpha value is -2.93. The lowest BCUT2D eigenvalue weighted by Crippen LogP contribution is -2.43. The van der Waals surface area contributed by atoms with Crippen LogP contribution in [0.5, 0.6) is 0 Å². The molecular formula is C21H24N4+2. The minimum Gasteiger partial charge on any atom is -0.192 e. The molecule has 0 aliphatic rings. The predicted octanol–water partition coefficient (Wildman–Crippen LogP) is 3.33. The van der Waals surface area contributed by atoms with Gasteiger partial charge in [0, 0.05) is 42.3 Å². The van der Waals surface area contributed by atoms with Gasteiger partial charge in [0.2, 0.25) is 5.69 Å². The molecule has 2 heterocycles. The lowest BCUT2D eigenvalue weighted by Gasteiger charge is -2.10. The molecule has 0 aliphatic carbocycles. The fourth-order valence-electron chi connectivity index (χ4n) is 3.34. The minimum absolute atomic E-state index is 0.378. The first kappa shape index (κ1) is 16.9. The van der Waals surface area contributed by atoms with Crippen LogP contribution in [0.1, 0.15) is 36.7 Å². The smallest absolute Gasteiger partial charge is 0.192 e. The van der Waals surface area contributed by atoms with E-state index in [0.29, 0.717) is 11.6 Å². The quantitative estimate of drug-likeness (QED) is 0.678. The molecule has 2 aromatic heterocycles. The van der Waals surface area contributed by atoms with Crippen LogP contribution in [0.2, 0.25) is 0 Å². The summed E-state index contributed by atoms with van der Waals surface area (Å²) in [5.74, 6) is 0. The van der Waals surface area contributed by atoms with Crippen molar-refractivity contribution in [3.05, 3.63) is 65.6 Å². The molecule has 0 aliphatic heterocycles. The second-order valence-electron chi connectivity index (χ2n) is 6.69. The van der Waals surface area contributed by atoms with E-state index < -0.39 is 0 Å². The average Bonchev–Trinajstić information content (AvgIpc) is 2.97. The van der Waals surface area contributed by atoms with Crippen LogP contribution < -0.4 is 9.25 Å². The van der Waals surface area contributed by atoms with Crippen LogP contribution in [-0.4, -0.2) is 4.68 Å². The summed E-state index contributed by atoms with van der Waals surface area (Å²) in [4.78, 5) is 0. The molecule has 3 rings (SSSR count). The molecule has 0 atom stereocenters. The van der Waals surface area contributed by atoms with Crippen LogP contribution in [0.25, 0.3) is 16.9 Å². The van der Waals surface area contributed by atoms with E-state index in [4.69, 9.17) is 0 Å². The number of aromatic nitrogens is 3. The van der Waals surface area contributed by atoms with Crippen LogP contribution in [-0.2, 0) is 7.05 Å². The van der Waals surface area contributed by atoms with Gasteiger partial charge in [0.15, 0.2) is 24.1 Å². The third kappa shape index (κ3) is 2.94. The summed E-state index contributed by atoms with van der Waals surface area (Å²) in [7, 11) is 2.06. The maximum atomic E-state index is 9.53. The van der Waals surface area contributed by atoms with E-state index in [1.165, 1.54) is 0 Å². The van der Waals surface area contributed by atoms with Gasteiger partial charge in [-0.1, -0.05) is 6.07 Å². The molecule has 126 valence electrons. The van der Waals surface area contributed by atoms with Gasteiger partial charge in [0.1, 0.15) is 5.69 Å². The van der Waals surface area contributed by atoms with E-state index in [1.807, 2.05) is 30.5 Å². The van der Waals surface area contributed by atoms with E-state index in [0.717, 1.165) is 28.2 Å². The van der Waals surface area contributed by atoms with Gasteiger partial charge in [0.25, 0.3) is 0 Å². The number of hydrogen-bond acceptors (Lipinski definition) is 1. The zero-order valence-electron chi connectivity index (χ0n) is 15.5. The summed E-state index contributed by atoms with van der Waals surface area (Å²) in [6, 6.07) is 14.9. The molecular weight excluding hydrogens is 308 g/mol. The van der Waals surface area contributed by atoms with Crippen molar-refractivity contribution in [3.8, 4) is 23.0 Å². The van der Waals surface area contributed by atoms with Gasteiger partial charge in [-0.2, -0.15) is 14.5 Å². The number of benzene rings is 1. The highest BCUT2D eigenvalue weighted by atomic mass is 15.4. The standard InChI is InChI=1S/C21H24N4/c1-15(2)25-11-9-20(23(25)5)19-12-18(14-22)13-21(17(19)4)24-10-7-6-8-16(24)3/h6-13,15H,1-5H3/q+2. The Morgan fingerprint density at radius 3 is 2.44 bits per heavy atom. The predicted molar refractivity (Wildman–Crippen MR) is 97.2 cm³/mol. The Balaban J connectivity index is 2.28. The molecule has 0 radical (unpaired) electrons. The Labute approximate surface area is 149 Å². The van der Waals surface area contributed by atoms with Crippen molar-refractivity contribution < 1.29 is 9.25 Å². The number of aryl methyl sites for hydroxylation is 1. The normalized spacial score (nSPS) is 10.9. The Bertz CT molecular complexity index is 974. The third-order valence-corrected chi connectivity index (χ3v) is 4.72. The maximum absolute atomic E-state index is 9.53. The van der Waals surface area contributed by atoms with Crippen molar-refractivity contribution in [2.24, 2.45) is 7.05 Å². The van der Waals surface area contributed by atoms with Crippen molar-refractivity contribution in [2.45, 2.75) is 33.7 Å². The van der Waals surface area contributed by atoms with E-state index in [2.05, 4.69) is 73.1 Å². The van der Waals surface area contributed by atoms with Gasteiger partial charge in [0.05, 0.1) is 18.7 Å². The Morgan fingerprint density at radius 1 is 1.08 bits per heavy atom. The topological polar surface area (TPSA) is 36.5 Å². The van der Waals surface area contributed by atoms with Crippen LogP contribution in [0.15, 0.2) is 48.8 Å². The second-order valence-corrected chi connectivity index (χ2v) is 6.69. The molecule has 0 fully saturated rings. The average molecular weight is 332 g/mol. The molecule has 0 amide bonds. The Kier molecular flexibility index (Phi) is 4.41. The fourth-order valence-corrected chi connectivity index (χ4v) is 3.34. The highest BCUT2D eigenvalue weighted by Gasteiger charge is 2.23. The van der Waals surface area contributed by atoms with E-state index in [9.17, 15) is 5.26 Å². The number of pyridine rings is 1. The Morgan fingerprint density at radius 2 is 1.84 bits per heavy atom. The van der Waals surface area contributed by atoms with E-state index in [-0.39, 0.29) is 0 Å². The van der Waals surface area contributed by atoms with Gasteiger partial charge in [-0.15, -0.1) is 4.68 Å². The number of nitriles is 1. The molecule has 0 saturated heterocycles. The summed E-state index contributed by atoms with van der Waals surface area (Å²) in [6.45, 7) is 8.53. The summed E-state index contributed by atoms with van der Waals surface area (Å²) < 4.78 is 6.48. The first-order valence-electron chi connectivity index (χ1n) is 8.54.